The zero-order chi connectivity index (χ0) is 21.3. The van der Waals surface area contributed by atoms with Crippen LogP contribution >= 0.6 is 11.6 Å². The molecule has 1 N–H and O–H groups in total. The first-order valence-corrected chi connectivity index (χ1v) is 9.06. The smallest absolute Gasteiger partial charge is 0.283 e. The Morgan fingerprint density at radius 3 is 2.77 bits per heavy atom. The molecule has 11 heteroatoms. The van der Waals surface area contributed by atoms with E-state index in [0.717, 1.165) is 10.6 Å². The fraction of sp³-hybridized carbons (Fsp3) is 0.105. The van der Waals surface area contributed by atoms with Crippen LogP contribution < -0.4 is 10.9 Å². The maximum Gasteiger partial charge on any atom is 0.283 e. The predicted octanol–water partition coefficient (Wildman–Crippen LogP) is 2.61. The van der Waals surface area contributed by atoms with Crippen molar-refractivity contribution in [2.24, 2.45) is 0 Å². The van der Waals surface area contributed by atoms with Gasteiger partial charge in [-0.1, -0.05) is 28.9 Å². The van der Waals surface area contributed by atoms with Crippen molar-refractivity contribution in [2.75, 3.05) is 5.32 Å². The van der Waals surface area contributed by atoms with Crippen molar-refractivity contribution in [1.82, 2.24) is 24.5 Å². The van der Waals surface area contributed by atoms with Gasteiger partial charge in [0, 0.05) is 5.69 Å². The number of halogens is 3. The highest BCUT2D eigenvalue weighted by Gasteiger charge is 2.14. The molecule has 2 heterocycles. The van der Waals surface area contributed by atoms with Crippen LogP contribution in [-0.2, 0) is 17.9 Å². The van der Waals surface area contributed by atoms with E-state index in [1.165, 1.54) is 35.3 Å². The van der Waals surface area contributed by atoms with Gasteiger partial charge in [-0.2, -0.15) is 0 Å². The number of carbonyl (C=O) groups excluding carboxylic acids is 1. The van der Waals surface area contributed by atoms with E-state index in [1.807, 2.05) is 0 Å². The lowest BCUT2D eigenvalue weighted by Crippen LogP contribution is -2.28. The summed E-state index contributed by atoms with van der Waals surface area (Å²) in [5, 5.41) is 10.1. The molecule has 0 bridgehead atoms. The van der Waals surface area contributed by atoms with E-state index in [1.54, 1.807) is 12.1 Å². The van der Waals surface area contributed by atoms with Gasteiger partial charge in [-0.05, 0) is 35.9 Å². The van der Waals surface area contributed by atoms with E-state index in [2.05, 4.69) is 20.6 Å². The molecule has 4 aromatic rings. The molecule has 0 aliphatic carbocycles. The minimum absolute atomic E-state index is 0.0217. The molecule has 8 nitrogen and oxygen atoms in total. The number of hydrogen-bond donors (Lipinski definition) is 1. The van der Waals surface area contributed by atoms with Crippen LogP contribution in [0.3, 0.4) is 0 Å². The van der Waals surface area contributed by atoms with Gasteiger partial charge in [-0.3, -0.25) is 14.2 Å². The molecule has 0 spiro atoms. The minimum atomic E-state index is -0.609. The number of rotatable bonds is 5. The Bertz CT molecular complexity index is 1320. The maximum absolute atomic E-state index is 13.4. The lowest BCUT2D eigenvalue weighted by Gasteiger charge is -2.08. The minimum Gasteiger partial charge on any atom is -0.324 e. The maximum atomic E-state index is 13.4. The highest BCUT2D eigenvalue weighted by Crippen LogP contribution is 2.19. The number of anilines is 1. The summed E-state index contributed by atoms with van der Waals surface area (Å²) in [5.74, 6) is -1.53. The fourth-order valence-electron chi connectivity index (χ4n) is 2.84. The van der Waals surface area contributed by atoms with E-state index >= 15 is 0 Å². The van der Waals surface area contributed by atoms with Gasteiger partial charge >= 0.3 is 0 Å². The molecular formula is C19H13ClF2N6O2. The molecule has 0 aliphatic heterocycles. The summed E-state index contributed by atoms with van der Waals surface area (Å²) in [6, 6.07) is 9.68. The van der Waals surface area contributed by atoms with Crippen LogP contribution in [0.5, 0.6) is 0 Å². The van der Waals surface area contributed by atoms with Crippen LogP contribution in [0.15, 0.2) is 53.6 Å². The average Bonchev–Trinajstić information content (AvgIpc) is 3.10. The highest BCUT2D eigenvalue weighted by atomic mass is 35.5. The molecule has 0 saturated carbocycles. The van der Waals surface area contributed by atoms with Crippen molar-refractivity contribution in [3.05, 3.63) is 81.4 Å². The number of amides is 1. The molecule has 2 aromatic heterocycles. The van der Waals surface area contributed by atoms with Gasteiger partial charge in [0.25, 0.3) is 5.56 Å². The zero-order valence-electron chi connectivity index (χ0n) is 15.2. The summed E-state index contributed by atoms with van der Waals surface area (Å²) in [6.45, 7) is -0.163. The lowest BCUT2D eigenvalue weighted by molar-refractivity contribution is -0.116. The van der Waals surface area contributed by atoms with Crippen molar-refractivity contribution in [3.8, 4) is 0 Å². The number of benzene rings is 2. The first kappa shape index (κ1) is 19.6. The first-order valence-electron chi connectivity index (χ1n) is 8.68. The normalized spacial score (nSPS) is 11.0. The Hall–Kier alpha value is -3.66. The van der Waals surface area contributed by atoms with Crippen molar-refractivity contribution < 1.29 is 13.6 Å². The third-order valence-electron chi connectivity index (χ3n) is 4.23. The van der Waals surface area contributed by atoms with E-state index in [-0.39, 0.29) is 40.8 Å². The van der Waals surface area contributed by atoms with Gasteiger partial charge < -0.3 is 5.32 Å². The van der Waals surface area contributed by atoms with Gasteiger partial charge in [0.15, 0.2) is 11.2 Å². The Morgan fingerprint density at radius 2 is 2.00 bits per heavy atom. The van der Waals surface area contributed by atoms with E-state index < -0.39 is 17.3 Å². The fourth-order valence-corrected chi connectivity index (χ4v) is 3.02. The van der Waals surface area contributed by atoms with Gasteiger partial charge in [-0.15, -0.1) is 5.10 Å². The van der Waals surface area contributed by atoms with Gasteiger partial charge in [0.2, 0.25) is 5.91 Å². The number of nitrogens with one attached hydrogen (secondary N) is 1. The second kappa shape index (κ2) is 7.99. The molecule has 0 radical (unpaired) electrons. The molecule has 30 heavy (non-hydrogen) atoms. The third kappa shape index (κ3) is 4.03. The Kier molecular flexibility index (Phi) is 5.23. The molecule has 0 fully saturated rings. The second-order valence-electron chi connectivity index (χ2n) is 6.40. The molecule has 1 amide bonds. The Morgan fingerprint density at radius 1 is 1.17 bits per heavy atom. The molecule has 2 aromatic carbocycles. The molecule has 4 rings (SSSR count). The number of hydrogen-bond acceptors (Lipinski definition) is 5. The summed E-state index contributed by atoms with van der Waals surface area (Å²) < 4.78 is 29.0. The number of aromatic nitrogens is 5. The summed E-state index contributed by atoms with van der Waals surface area (Å²) >= 11 is 5.69. The quantitative estimate of drug-likeness (QED) is 0.525. The summed E-state index contributed by atoms with van der Waals surface area (Å²) in [4.78, 5) is 29.0. The molecule has 0 saturated heterocycles. The topological polar surface area (TPSA) is 94.7 Å². The van der Waals surface area contributed by atoms with Crippen LogP contribution in [0.2, 0.25) is 5.02 Å². The standard InChI is InChI=1S/C19H13ClF2N6O2/c20-14-7-13(4-5-15(14)22)24-16(29)9-27-10-23-18-17(19(27)30)25-26-28(18)8-11-2-1-3-12(21)6-11/h1-7,10H,8-9H2,(H,24,29). The van der Waals surface area contributed by atoms with Crippen molar-refractivity contribution in [2.45, 2.75) is 13.1 Å². The Balaban J connectivity index is 1.54. The van der Waals surface area contributed by atoms with Crippen LogP contribution in [0.25, 0.3) is 11.2 Å². The summed E-state index contributed by atoms with van der Waals surface area (Å²) in [5.41, 5.74) is 0.551. The Labute approximate surface area is 172 Å². The SMILES string of the molecule is O=C(Cn1cnc2c(nnn2Cc2cccc(F)c2)c1=O)Nc1ccc(F)c(Cl)c1. The van der Waals surface area contributed by atoms with Gasteiger partial charge in [-0.25, -0.2) is 18.4 Å². The van der Waals surface area contributed by atoms with Crippen LogP contribution in [-0.4, -0.2) is 30.5 Å². The number of nitrogens with zero attached hydrogens (tertiary/aromatic N) is 5. The summed E-state index contributed by atoms with van der Waals surface area (Å²) in [7, 11) is 0. The van der Waals surface area contributed by atoms with Gasteiger partial charge in [0.05, 0.1) is 11.6 Å². The van der Waals surface area contributed by atoms with Crippen molar-refractivity contribution in [3.63, 3.8) is 0 Å². The molecule has 0 unspecified atom stereocenters. The monoisotopic (exact) mass is 430 g/mol. The molecule has 0 atom stereocenters. The van der Waals surface area contributed by atoms with E-state index in [0.29, 0.717) is 5.56 Å². The van der Waals surface area contributed by atoms with Crippen LogP contribution in [0.4, 0.5) is 14.5 Å². The third-order valence-corrected chi connectivity index (χ3v) is 4.52. The molecule has 152 valence electrons. The van der Waals surface area contributed by atoms with E-state index in [4.69, 9.17) is 11.6 Å². The zero-order valence-corrected chi connectivity index (χ0v) is 16.0. The van der Waals surface area contributed by atoms with Crippen LogP contribution in [0.1, 0.15) is 5.56 Å². The average molecular weight is 431 g/mol. The largest absolute Gasteiger partial charge is 0.324 e. The van der Waals surface area contributed by atoms with Crippen LogP contribution in [0, 0.1) is 11.6 Å². The summed E-state index contributed by atoms with van der Waals surface area (Å²) in [6.07, 6.45) is 1.20. The predicted molar refractivity (Wildman–Crippen MR) is 105 cm³/mol. The first-order chi connectivity index (χ1) is 14.4. The van der Waals surface area contributed by atoms with Gasteiger partial charge in [0.1, 0.15) is 24.5 Å². The number of fused-ring (bicyclic) bond motifs is 1. The van der Waals surface area contributed by atoms with Crippen molar-refractivity contribution >= 4 is 34.4 Å². The van der Waals surface area contributed by atoms with E-state index in [9.17, 15) is 18.4 Å². The van der Waals surface area contributed by atoms with Crippen molar-refractivity contribution in [1.29, 1.82) is 0 Å². The number of carbonyl (C=O) groups is 1. The molecular weight excluding hydrogens is 418 g/mol. The highest BCUT2D eigenvalue weighted by molar-refractivity contribution is 6.31. The molecule has 0 aliphatic rings. The second-order valence-corrected chi connectivity index (χ2v) is 6.81. The lowest BCUT2D eigenvalue weighted by atomic mass is 10.2.